The Bertz CT molecular complexity index is 761. The molecule has 0 aromatic heterocycles. The lowest BCUT2D eigenvalue weighted by molar-refractivity contribution is -0.136. The molecule has 0 bridgehead atoms. The number of likely N-dealkylation sites (N-methyl/N-ethyl adjacent to an activating group) is 1. The van der Waals surface area contributed by atoms with E-state index in [1.165, 1.54) is 12.0 Å². The Morgan fingerprint density at radius 3 is 2.26 bits per heavy atom. The molecule has 2 aromatic carbocycles. The second-order valence-corrected chi connectivity index (χ2v) is 5.62. The number of nitrogens with zero attached hydrogens (tertiary/aromatic N) is 1. The molecule has 2 aromatic rings. The molecule has 0 saturated carbocycles. The van der Waals surface area contributed by atoms with Crippen LogP contribution in [0.1, 0.15) is 6.92 Å². The molecule has 0 spiro atoms. The van der Waals surface area contributed by atoms with Crippen LogP contribution in [-0.2, 0) is 9.59 Å². The Balaban J connectivity index is 1.88. The van der Waals surface area contributed by atoms with Crippen LogP contribution in [-0.4, -0.2) is 50.6 Å². The minimum atomic E-state index is -0.306. The van der Waals surface area contributed by atoms with Gasteiger partial charge in [-0.15, -0.1) is 0 Å². The minimum Gasteiger partial charge on any atom is -0.497 e. The Morgan fingerprint density at radius 1 is 0.963 bits per heavy atom. The van der Waals surface area contributed by atoms with Gasteiger partial charge in [-0.1, -0.05) is 12.1 Å². The minimum absolute atomic E-state index is 0.0701. The molecule has 0 radical (unpaired) electrons. The SMILES string of the molecule is CCN(CC(=O)Nc1ccccc1OC)C(=O)COc1ccc(OC)cc1. The van der Waals surface area contributed by atoms with Crippen LogP contribution in [0.3, 0.4) is 0 Å². The summed E-state index contributed by atoms with van der Waals surface area (Å²) >= 11 is 0. The maximum Gasteiger partial charge on any atom is 0.260 e. The molecule has 0 saturated heterocycles. The van der Waals surface area contributed by atoms with E-state index < -0.39 is 0 Å². The molecule has 7 nitrogen and oxygen atoms in total. The summed E-state index contributed by atoms with van der Waals surface area (Å²) in [7, 11) is 3.11. The molecule has 2 amide bonds. The molecular formula is C20H24N2O5. The van der Waals surface area contributed by atoms with Gasteiger partial charge in [-0.25, -0.2) is 0 Å². The van der Waals surface area contributed by atoms with E-state index in [4.69, 9.17) is 14.2 Å². The molecule has 0 fully saturated rings. The predicted molar refractivity (Wildman–Crippen MR) is 102 cm³/mol. The lowest BCUT2D eigenvalue weighted by Crippen LogP contribution is -2.40. The third-order valence-corrected chi connectivity index (χ3v) is 3.87. The fourth-order valence-corrected chi connectivity index (χ4v) is 2.40. The quantitative estimate of drug-likeness (QED) is 0.732. The second kappa shape index (κ2) is 10.1. The van der Waals surface area contributed by atoms with Crippen LogP contribution in [0.4, 0.5) is 5.69 Å². The first-order valence-corrected chi connectivity index (χ1v) is 8.54. The predicted octanol–water partition coefficient (Wildman–Crippen LogP) is 2.57. The Labute approximate surface area is 158 Å². The van der Waals surface area contributed by atoms with Gasteiger partial charge in [0, 0.05) is 6.54 Å². The highest BCUT2D eigenvalue weighted by Gasteiger charge is 2.17. The number of para-hydroxylation sites is 2. The van der Waals surface area contributed by atoms with Gasteiger partial charge in [0.2, 0.25) is 5.91 Å². The van der Waals surface area contributed by atoms with E-state index in [0.29, 0.717) is 29.5 Å². The first-order chi connectivity index (χ1) is 13.1. The average Bonchev–Trinajstić information content (AvgIpc) is 2.71. The van der Waals surface area contributed by atoms with E-state index in [-0.39, 0.29) is 25.0 Å². The first kappa shape index (κ1) is 20.1. The molecule has 2 rings (SSSR count). The first-order valence-electron chi connectivity index (χ1n) is 8.54. The van der Waals surface area contributed by atoms with Crippen molar-refractivity contribution in [2.75, 3.05) is 39.2 Å². The fourth-order valence-electron chi connectivity index (χ4n) is 2.40. The van der Waals surface area contributed by atoms with Crippen molar-refractivity contribution in [3.8, 4) is 17.2 Å². The molecule has 0 aliphatic carbocycles. The highest BCUT2D eigenvalue weighted by molar-refractivity contribution is 5.95. The van der Waals surface area contributed by atoms with Gasteiger partial charge in [0.15, 0.2) is 6.61 Å². The molecule has 1 N–H and O–H groups in total. The van der Waals surface area contributed by atoms with E-state index in [0.717, 1.165) is 0 Å². The van der Waals surface area contributed by atoms with Crippen LogP contribution in [0.2, 0.25) is 0 Å². The van der Waals surface area contributed by atoms with Crippen molar-refractivity contribution in [2.24, 2.45) is 0 Å². The lowest BCUT2D eigenvalue weighted by Gasteiger charge is -2.21. The Morgan fingerprint density at radius 2 is 1.63 bits per heavy atom. The van der Waals surface area contributed by atoms with Gasteiger partial charge < -0.3 is 24.4 Å². The summed E-state index contributed by atoms with van der Waals surface area (Å²) in [5.41, 5.74) is 0.558. The molecule has 7 heteroatoms. The summed E-state index contributed by atoms with van der Waals surface area (Å²) in [4.78, 5) is 26.1. The maximum atomic E-state index is 12.4. The number of ether oxygens (including phenoxy) is 3. The number of anilines is 1. The van der Waals surface area contributed by atoms with Crippen LogP contribution in [0.25, 0.3) is 0 Å². The molecule has 0 aliphatic rings. The largest absolute Gasteiger partial charge is 0.497 e. The summed E-state index contributed by atoms with van der Waals surface area (Å²) < 4.78 is 15.8. The summed E-state index contributed by atoms with van der Waals surface area (Å²) in [5.74, 6) is 1.24. The molecular weight excluding hydrogens is 348 g/mol. The number of hydrogen-bond donors (Lipinski definition) is 1. The summed E-state index contributed by atoms with van der Waals surface area (Å²) in [6.07, 6.45) is 0. The Kier molecular flexibility index (Phi) is 7.49. The summed E-state index contributed by atoms with van der Waals surface area (Å²) in [5, 5.41) is 2.76. The summed E-state index contributed by atoms with van der Waals surface area (Å²) in [6.45, 7) is 1.98. The number of nitrogens with one attached hydrogen (secondary N) is 1. The normalized spacial score (nSPS) is 10.0. The highest BCUT2D eigenvalue weighted by atomic mass is 16.5. The Hall–Kier alpha value is -3.22. The zero-order valence-corrected chi connectivity index (χ0v) is 15.7. The molecule has 0 heterocycles. The number of carbonyl (C=O) groups is 2. The number of benzene rings is 2. The van der Waals surface area contributed by atoms with Gasteiger partial charge in [-0.2, -0.15) is 0 Å². The molecule has 144 valence electrons. The van der Waals surface area contributed by atoms with Crippen molar-refractivity contribution in [3.05, 3.63) is 48.5 Å². The third-order valence-electron chi connectivity index (χ3n) is 3.87. The topological polar surface area (TPSA) is 77.1 Å². The maximum absolute atomic E-state index is 12.4. The number of amides is 2. The smallest absolute Gasteiger partial charge is 0.260 e. The monoisotopic (exact) mass is 372 g/mol. The van der Waals surface area contributed by atoms with Gasteiger partial charge in [-0.3, -0.25) is 9.59 Å². The van der Waals surface area contributed by atoms with E-state index in [2.05, 4.69) is 5.32 Å². The van der Waals surface area contributed by atoms with Crippen molar-refractivity contribution in [1.82, 2.24) is 4.90 Å². The van der Waals surface area contributed by atoms with Gasteiger partial charge >= 0.3 is 0 Å². The number of rotatable bonds is 9. The molecule has 0 aliphatic heterocycles. The van der Waals surface area contributed by atoms with Crippen LogP contribution in [0.5, 0.6) is 17.2 Å². The van der Waals surface area contributed by atoms with Crippen LogP contribution in [0, 0.1) is 0 Å². The zero-order chi connectivity index (χ0) is 19.6. The molecule has 0 atom stereocenters. The molecule has 27 heavy (non-hydrogen) atoms. The van der Waals surface area contributed by atoms with Crippen LogP contribution < -0.4 is 19.5 Å². The number of hydrogen-bond acceptors (Lipinski definition) is 5. The third kappa shape index (κ3) is 5.91. The van der Waals surface area contributed by atoms with Crippen LogP contribution in [0.15, 0.2) is 48.5 Å². The number of carbonyl (C=O) groups excluding carboxylic acids is 2. The van der Waals surface area contributed by atoms with Crippen molar-refractivity contribution >= 4 is 17.5 Å². The van der Waals surface area contributed by atoms with E-state index in [9.17, 15) is 9.59 Å². The van der Waals surface area contributed by atoms with Crippen molar-refractivity contribution in [1.29, 1.82) is 0 Å². The summed E-state index contributed by atoms with van der Waals surface area (Å²) in [6, 6.07) is 14.0. The van der Waals surface area contributed by atoms with Gasteiger partial charge in [-0.05, 0) is 43.3 Å². The highest BCUT2D eigenvalue weighted by Crippen LogP contribution is 2.22. The standard InChI is InChI=1S/C20H24N2O5/c1-4-22(13-19(23)21-17-7-5-6-8-18(17)26-3)20(24)14-27-16-11-9-15(25-2)10-12-16/h5-12H,4,13-14H2,1-3H3,(H,21,23). The second-order valence-electron chi connectivity index (χ2n) is 5.62. The fraction of sp³-hybridized carbons (Fsp3) is 0.300. The van der Waals surface area contributed by atoms with Crippen molar-refractivity contribution in [3.63, 3.8) is 0 Å². The van der Waals surface area contributed by atoms with Gasteiger partial charge in [0.1, 0.15) is 17.2 Å². The van der Waals surface area contributed by atoms with Crippen molar-refractivity contribution < 1.29 is 23.8 Å². The average molecular weight is 372 g/mol. The van der Waals surface area contributed by atoms with E-state index in [1.807, 2.05) is 13.0 Å². The van der Waals surface area contributed by atoms with Crippen LogP contribution >= 0.6 is 0 Å². The van der Waals surface area contributed by atoms with Crippen molar-refractivity contribution in [2.45, 2.75) is 6.92 Å². The van der Waals surface area contributed by atoms with E-state index >= 15 is 0 Å². The van der Waals surface area contributed by atoms with Gasteiger partial charge in [0.25, 0.3) is 5.91 Å². The zero-order valence-electron chi connectivity index (χ0n) is 15.7. The lowest BCUT2D eigenvalue weighted by atomic mass is 10.3. The molecule has 0 unspecified atom stereocenters. The van der Waals surface area contributed by atoms with E-state index in [1.54, 1.807) is 49.6 Å². The van der Waals surface area contributed by atoms with Gasteiger partial charge in [0.05, 0.1) is 26.5 Å². The number of methoxy groups -OCH3 is 2.